The molecule has 1 heterocycles. The molecule has 1 aromatic rings. The molecule has 26 heavy (non-hydrogen) atoms. The normalized spacial score (nSPS) is 19.4. The Balaban J connectivity index is 0.00000163. The number of nitrogens with zero attached hydrogens (tertiary/aromatic N) is 2. The van der Waals surface area contributed by atoms with Crippen LogP contribution in [0.3, 0.4) is 0 Å². The maximum absolute atomic E-state index is 12.1. The fraction of sp³-hybridized carbons (Fsp3) is 0.682. The summed E-state index contributed by atoms with van der Waals surface area (Å²) in [5.74, 6) is 0.944. The smallest absolute Gasteiger partial charge is 0.409 e. The summed E-state index contributed by atoms with van der Waals surface area (Å²) >= 11 is 0. The lowest BCUT2D eigenvalue weighted by Gasteiger charge is -2.38. The zero-order chi connectivity index (χ0) is 19.7. The SMILES string of the molecule is CC.CCCN(C)c1cccc(C2CN(C(=O)OCC)CCC2C)c1C. The van der Waals surface area contributed by atoms with Crippen LogP contribution in [0.5, 0.6) is 0 Å². The third-order valence-corrected chi connectivity index (χ3v) is 5.20. The number of carbonyl (C=O) groups is 1. The summed E-state index contributed by atoms with van der Waals surface area (Å²) in [7, 11) is 2.16. The molecule has 0 radical (unpaired) electrons. The summed E-state index contributed by atoms with van der Waals surface area (Å²) in [4.78, 5) is 16.3. The Bertz CT molecular complexity index is 559. The van der Waals surface area contributed by atoms with Crippen molar-refractivity contribution in [3.8, 4) is 0 Å². The predicted molar refractivity (Wildman–Crippen MR) is 111 cm³/mol. The van der Waals surface area contributed by atoms with E-state index >= 15 is 0 Å². The average molecular weight is 363 g/mol. The predicted octanol–water partition coefficient (Wildman–Crippen LogP) is 5.45. The summed E-state index contributed by atoms with van der Waals surface area (Å²) in [6.45, 7) is 15.6. The van der Waals surface area contributed by atoms with E-state index in [1.165, 1.54) is 16.8 Å². The largest absolute Gasteiger partial charge is 0.450 e. The standard InChI is InChI=1S/C20H32N2O2.C2H6/c1-6-12-21(5)19-10-8-9-17(16(19)4)18-14-22(13-11-15(18)3)20(23)24-7-2;1-2/h8-10,15,18H,6-7,11-14H2,1-5H3;1-2H3. The fourth-order valence-corrected chi connectivity index (χ4v) is 3.77. The van der Waals surface area contributed by atoms with Crippen LogP contribution in [-0.4, -0.2) is 44.3 Å². The van der Waals surface area contributed by atoms with E-state index in [0.717, 1.165) is 32.5 Å². The van der Waals surface area contributed by atoms with E-state index in [1.54, 1.807) is 0 Å². The highest BCUT2D eigenvalue weighted by atomic mass is 16.6. The van der Waals surface area contributed by atoms with Gasteiger partial charge >= 0.3 is 6.09 Å². The molecule has 4 nitrogen and oxygen atoms in total. The number of hydrogen-bond acceptors (Lipinski definition) is 3. The van der Waals surface area contributed by atoms with Crippen LogP contribution in [0.4, 0.5) is 10.5 Å². The summed E-state index contributed by atoms with van der Waals surface area (Å²) in [5.41, 5.74) is 4.02. The lowest BCUT2D eigenvalue weighted by molar-refractivity contribution is 0.0872. The second-order valence-electron chi connectivity index (χ2n) is 6.93. The van der Waals surface area contributed by atoms with Crippen LogP contribution in [-0.2, 0) is 4.74 Å². The number of benzene rings is 1. The van der Waals surface area contributed by atoms with E-state index in [1.807, 2.05) is 25.7 Å². The molecular formula is C22H38N2O2. The van der Waals surface area contributed by atoms with Crippen molar-refractivity contribution in [2.24, 2.45) is 5.92 Å². The first-order valence-electron chi connectivity index (χ1n) is 10.2. The van der Waals surface area contributed by atoms with E-state index in [4.69, 9.17) is 4.74 Å². The molecule has 0 N–H and O–H groups in total. The Morgan fingerprint density at radius 3 is 2.62 bits per heavy atom. The van der Waals surface area contributed by atoms with Gasteiger partial charge in [-0.3, -0.25) is 0 Å². The van der Waals surface area contributed by atoms with Gasteiger partial charge in [-0.05, 0) is 49.8 Å². The molecule has 1 aliphatic heterocycles. The second kappa shape index (κ2) is 11.1. The molecular weight excluding hydrogens is 324 g/mol. The minimum absolute atomic E-state index is 0.175. The van der Waals surface area contributed by atoms with Gasteiger partial charge in [-0.2, -0.15) is 0 Å². The topological polar surface area (TPSA) is 32.8 Å². The third-order valence-electron chi connectivity index (χ3n) is 5.20. The van der Waals surface area contributed by atoms with Crippen LogP contribution >= 0.6 is 0 Å². The number of rotatable bonds is 5. The number of likely N-dealkylation sites (tertiary alicyclic amines) is 1. The highest BCUT2D eigenvalue weighted by Gasteiger charge is 2.31. The first-order chi connectivity index (χ1) is 12.5. The minimum Gasteiger partial charge on any atom is -0.450 e. The van der Waals surface area contributed by atoms with Crippen molar-refractivity contribution in [2.45, 2.75) is 60.3 Å². The van der Waals surface area contributed by atoms with Crippen molar-refractivity contribution in [3.63, 3.8) is 0 Å². The van der Waals surface area contributed by atoms with E-state index in [2.05, 4.69) is 50.9 Å². The molecule has 1 aliphatic rings. The van der Waals surface area contributed by atoms with Gasteiger partial charge in [0.25, 0.3) is 0 Å². The monoisotopic (exact) mass is 362 g/mol. The Kier molecular flexibility index (Phi) is 9.53. The van der Waals surface area contributed by atoms with Gasteiger partial charge in [0.1, 0.15) is 0 Å². The van der Waals surface area contributed by atoms with Gasteiger partial charge < -0.3 is 14.5 Å². The Labute approximate surface area is 160 Å². The number of ether oxygens (including phenoxy) is 1. The Hall–Kier alpha value is -1.71. The van der Waals surface area contributed by atoms with Gasteiger partial charge in [0.15, 0.2) is 0 Å². The van der Waals surface area contributed by atoms with Crippen molar-refractivity contribution in [1.82, 2.24) is 4.90 Å². The van der Waals surface area contributed by atoms with Crippen LogP contribution in [0, 0.1) is 12.8 Å². The van der Waals surface area contributed by atoms with Crippen molar-refractivity contribution in [2.75, 3.05) is 38.2 Å². The third kappa shape index (κ3) is 5.39. The van der Waals surface area contributed by atoms with Crippen LogP contribution in [0.1, 0.15) is 64.5 Å². The maximum atomic E-state index is 12.1. The first kappa shape index (κ1) is 22.3. The highest BCUT2D eigenvalue weighted by molar-refractivity contribution is 5.68. The van der Waals surface area contributed by atoms with Gasteiger partial charge in [-0.1, -0.05) is 39.8 Å². The van der Waals surface area contributed by atoms with Crippen LogP contribution in [0.2, 0.25) is 0 Å². The van der Waals surface area contributed by atoms with E-state index in [9.17, 15) is 4.79 Å². The Morgan fingerprint density at radius 2 is 2.00 bits per heavy atom. The molecule has 148 valence electrons. The lowest BCUT2D eigenvalue weighted by atomic mass is 9.80. The van der Waals surface area contributed by atoms with Crippen molar-refractivity contribution >= 4 is 11.8 Å². The molecule has 0 aliphatic carbocycles. The van der Waals surface area contributed by atoms with Crippen LogP contribution in [0.15, 0.2) is 18.2 Å². The number of hydrogen-bond donors (Lipinski definition) is 0. The van der Waals surface area contributed by atoms with Gasteiger partial charge in [0.2, 0.25) is 0 Å². The van der Waals surface area contributed by atoms with Crippen LogP contribution < -0.4 is 4.90 Å². The zero-order valence-electron chi connectivity index (χ0n) is 17.8. The number of carbonyl (C=O) groups excluding carboxylic acids is 1. The summed E-state index contributed by atoms with van der Waals surface area (Å²) < 4.78 is 5.20. The summed E-state index contributed by atoms with van der Waals surface area (Å²) in [6.07, 6.45) is 1.99. The average Bonchev–Trinajstić information content (AvgIpc) is 2.64. The molecule has 2 rings (SSSR count). The van der Waals surface area contributed by atoms with E-state index < -0.39 is 0 Å². The lowest BCUT2D eigenvalue weighted by Crippen LogP contribution is -2.42. The molecule has 1 aromatic carbocycles. The second-order valence-corrected chi connectivity index (χ2v) is 6.93. The zero-order valence-corrected chi connectivity index (χ0v) is 17.8. The first-order valence-corrected chi connectivity index (χ1v) is 10.2. The molecule has 1 fully saturated rings. The number of anilines is 1. The fourth-order valence-electron chi connectivity index (χ4n) is 3.77. The molecule has 4 heteroatoms. The highest BCUT2D eigenvalue weighted by Crippen LogP contribution is 2.36. The van der Waals surface area contributed by atoms with Gasteiger partial charge in [0.05, 0.1) is 6.61 Å². The molecule has 0 spiro atoms. The molecule has 1 saturated heterocycles. The minimum atomic E-state index is -0.175. The van der Waals surface area contributed by atoms with Gasteiger partial charge in [0, 0.05) is 38.3 Å². The van der Waals surface area contributed by atoms with Crippen LogP contribution in [0.25, 0.3) is 0 Å². The molecule has 1 amide bonds. The quantitative estimate of drug-likeness (QED) is 0.698. The molecule has 0 bridgehead atoms. The van der Waals surface area contributed by atoms with Gasteiger partial charge in [-0.25, -0.2) is 4.79 Å². The Morgan fingerprint density at radius 1 is 1.31 bits per heavy atom. The number of piperidine rings is 1. The number of amides is 1. The van der Waals surface area contributed by atoms with E-state index in [0.29, 0.717) is 18.4 Å². The van der Waals surface area contributed by atoms with Crippen molar-refractivity contribution < 1.29 is 9.53 Å². The molecule has 0 aromatic heterocycles. The summed E-state index contributed by atoms with van der Waals surface area (Å²) in [6, 6.07) is 6.58. The van der Waals surface area contributed by atoms with Gasteiger partial charge in [-0.15, -0.1) is 0 Å². The molecule has 2 atom stereocenters. The van der Waals surface area contributed by atoms with E-state index in [-0.39, 0.29) is 6.09 Å². The van der Waals surface area contributed by atoms with Crippen molar-refractivity contribution in [1.29, 1.82) is 0 Å². The summed E-state index contributed by atoms with van der Waals surface area (Å²) in [5, 5.41) is 0. The van der Waals surface area contributed by atoms with Crippen molar-refractivity contribution in [3.05, 3.63) is 29.3 Å². The maximum Gasteiger partial charge on any atom is 0.409 e. The molecule has 2 unspecified atom stereocenters. The molecule has 0 saturated carbocycles.